The maximum Gasteiger partial charge on any atom is 0.243 e. The number of carbonyl (C=O) groups is 6. The lowest BCUT2D eigenvalue weighted by Gasteiger charge is -2.24. The minimum atomic E-state index is -1.07. The molecule has 0 radical (unpaired) electrons. The van der Waals surface area contributed by atoms with Crippen LogP contribution in [-0.4, -0.2) is 104 Å². The van der Waals surface area contributed by atoms with E-state index in [0.717, 1.165) is 64.2 Å². The van der Waals surface area contributed by atoms with Crippen molar-refractivity contribution in [3.63, 3.8) is 0 Å². The molecule has 438 valence electrons. The maximum atomic E-state index is 13.7. The molecule has 0 unspecified atom stereocenters. The number of rotatable bonds is 53. The Morgan fingerprint density at radius 3 is 1.20 bits per heavy atom. The van der Waals surface area contributed by atoms with Crippen LogP contribution in [0.3, 0.4) is 0 Å². The zero-order valence-corrected chi connectivity index (χ0v) is 47.8. The summed E-state index contributed by atoms with van der Waals surface area (Å²) < 4.78 is 0. The van der Waals surface area contributed by atoms with Gasteiger partial charge in [-0.25, -0.2) is 0 Å². The standard InChI is InChI=1S/C58H110N12O6/c1-3-5-7-9-11-13-15-17-19-21-23-25-27-29-31-39-51(71)64-45-35-47-70(48-36-46-65-52(72)40-32-30-28-26-24-22-20-18-16-14-12-10-8-6-4-2)54(74)42-41-53(73)68-50(38-34-44-67-58(62)63)56(76)69-49(55(59)75)37-33-43-66-57(60)61/h17-20,49-50H,3-16,21-48H2,1-2H3,(H2,59,75)(H,64,71)(H,65,72)(H,68,73)(H,69,76)(H4,60,61,66)(H4,62,63,67)/b19-17-,20-18-/t49-,50-/m0/s1. The number of carbonyl (C=O) groups excluding carboxylic acids is 6. The average Bonchev–Trinajstić information content (AvgIpc) is 3.38. The molecule has 0 fully saturated rings. The Morgan fingerprint density at radius 2 is 0.803 bits per heavy atom. The van der Waals surface area contributed by atoms with Crippen molar-refractivity contribution >= 4 is 47.4 Å². The molecule has 0 saturated carbocycles. The van der Waals surface area contributed by atoms with Crippen LogP contribution in [0.2, 0.25) is 0 Å². The molecule has 0 bridgehead atoms. The summed E-state index contributed by atoms with van der Waals surface area (Å²) >= 11 is 0. The van der Waals surface area contributed by atoms with E-state index in [-0.39, 0.29) is 68.4 Å². The highest BCUT2D eigenvalue weighted by atomic mass is 16.2. The second-order valence-corrected chi connectivity index (χ2v) is 20.4. The van der Waals surface area contributed by atoms with Gasteiger partial charge in [0.2, 0.25) is 35.4 Å². The molecular formula is C58H110N12O6. The zero-order valence-electron chi connectivity index (χ0n) is 47.8. The van der Waals surface area contributed by atoms with Crippen LogP contribution in [0, 0.1) is 0 Å². The molecular weight excluding hydrogens is 961 g/mol. The van der Waals surface area contributed by atoms with Crippen LogP contribution in [0.5, 0.6) is 0 Å². The summed E-state index contributed by atoms with van der Waals surface area (Å²) in [7, 11) is 0. The van der Waals surface area contributed by atoms with Crippen LogP contribution in [-0.2, 0) is 28.8 Å². The van der Waals surface area contributed by atoms with Gasteiger partial charge in [-0.3, -0.25) is 38.8 Å². The lowest BCUT2D eigenvalue weighted by molar-refractivity contribution is -0.135. The van der Waals surface area contributed by atoms with Gasteiger partial charge in [-0.2, -0.15) is 0 Å². The van der Waals surface area contributed by atoms with Gasteiger partial charge in [0.15, 0.2) is 11.9 Å². The van der Waals surface area contributed by atoms with E-state index >= 15 is 0 Å². The third-order valence-corrected chi connectivity index (χ3v) is 13.3. The Morgan fingerprint density at radius 1 is 0.421 bits per heavy atom. The largest absolute Gasteiger partial charge is 0.370 e. The first-order valence-corrected chi connectivity index (χ1v) is 29.9. The van der Waals surface area contributed by atoms with E-state index in [0.29, 0.717) is 64.7 Å². The molecule has 0 aromatic rings. The predicted molar refractivity (Wildman–Crippen MR) is 313 cm³/mol. The monoisotopic (exact) mass is 1070 g/mol. The van der Waals surface area contributed by atoms with Crippen molar-refractivity contribution in [3.05, 3.63) is 24.3 Å². The minimum Gasteiger partial charge on any atom is -0.370 e. The van der Waals surface area contributed by atoms with Crippen LogP contribution < -0.4 is 49.9 Å². The Balaban J connectivity index is 5.15. The topological polar surface area (TPSA) is 309 Å². The van der Waals surface area contributed by atoms with Gasteiger partial charge in [0.25, 0.3) is 0 Å². The maximum absolute atomic E-state index is 13.7. The fraction of sp³-hybridized carbons (Fsp3) is 0.793. The molecule has 0 aromatic carbocycles. The molecule has 2 atom stereocenters. The van der Waals surface area contributed by atoms with Gasteiger partial charge in [0.1, 0.15) is 12.1 Å². The highest BCUT2D eigenvalue weighted by Crippen LogP contribution is 2.13. The summed E-state index contributed by atoms with van der Waals surface area (Å²) in [6.07, 6.45) is 42.9. The summed E-state index contributed by atoms with van der Waals surface area (Å²) in [4.78, 5) is 87.6. The first-order chi connectivity index (χ1) is 36.8. The van der Waals surface area contributed by atoms with Gasteiger partial charge < -0.3 is 54.8 Å². The van der Waals surface area contributed by atoms with Crippen LogP contribution in [0.15, 0.2) is 34.3 Å². The first kappa shape index (κ1) is 70.8. The fourth-order valence-electron chi connectivity index (χ4n) is 8.72. The molecule has 18 nitrogen and oxygen atoms in total. The number of guanidine groups is 2. The normalized spacial score (nSPS) is 12.0. The first-order valence-electron chi connectivity index (χ1n) is 29.9. The van der Waals surface area contributed by atoms with Crippen molar-refractivity contribution in [2.24, 2.45) is 38.7 Å². The van der Waals surface area contributed by atoms with Crippen molar-refractivity contribution in [1.29, 1.82) is 0 Å². The summed E-state index contributed by atoms with van der Waals surface area (Å²) in [6, 6.07) is -2.11. The Hall–Kier alpha value is -5.16. The summed E-state index contributed by atoms with van der Waals surface area (Å²) in [5.74, 6) is -2.43. The number of primary amides is 1. The van der Waals surface area contributed by atoms with E-state index in [9.17, 15) is 28.8 Å². The van der Waals surface area contributed by atoms with E-state index < -0.39 is 29.8 Å². The molecule has 0 aliphatic rings. The smallest absolute Gasteiger partial charge is 0.243 e. The Labute approximate surface area is 460 Å². The third-order valence-electron chi connectivity index (χ3n) is 13.3. The number of nitrogens with zero attached hydrogens (tertiary/aromatic N) is 3. The van der Waals surface area contributed by atoms with Crippen molar-refractivity contribution < 1.29 is 28.8 Å². The van der Waals surface area contributed by atoms with E-state index in [1.807, 2.05) is 0 Å². The summed E-state index contributed by atoms with van der Waals surface area (Å²) in [6.45, 7) is 6.43. The van der Waals surface area contributed by atoms with Gasteiger partial charge in [0.05, 0.1) is 0 Å². The summed E-state index contributed by atoms with van der Waals surface area (Å²) in [5.41, 5.74) is 27.3. The Bertz CT molecular complexity index is 1570. The highest BCUT2D eigenvalue weighted by molar-refractivity contribution is 5.92. The van der Waals surface area contributed by atoms with Crippen molar-refractivity contribution in [2.45, 2.75) is 257 Å². The van der Waals surface area contributed by atoms with Gasteiger partial charge in [-0.05, 0) is 103 Å². The molecule has 0 aliphatic carbocycles. The minimum absolute atomic E-state index is 0.00823. The van der Waals surface area contributed by atoms with Crippen LogP contribution in [0.1, 0.15) is 245 Å². The number of aliphatic imine (C=N–C) groups is 2. The van der Waals surface area contributed by atoms with E-state index in [1.165, 1.54) is 103 Å². The summed E-state index contributed by atoms with van der Waals surface area (Å²) in [5, 5.41) is 11.3. The molecule has 0 aromatic heterocycles. The lowest BCUT2D eigenvalue weighted by atomic mass is 10.1. The average molecular weight is 1070 g/mol. The molecule has 14 N–H and O–H groups in total. The van der Waals surface area contributed by atoms with Crippen LogP contribution >= 0.6 is 0 Å². The van der Waals surface area contributed by atoms with Crippen molar-refractivity contribution in [3.8, 4) is 0 Å². The van der Waals surface area contributed by atoms with Gasteiger partial charge >= 0.3 is 0 Å². The lowest BCUT2D eigenvalue weighted by Crippen LogP contribution is -2.53. The Kier molecular flexibility index (Phi) is 48.4. The van der Waals surface area contributed by atoms with E-state index in [4.69, 9.17) is 28.7 Å². The molecule has 0 spiro atoms. The van der Waals surface area contributed by atoms with Crippen molar-refractivity contribution in [2.75, 3.05) is 39.3 Å². The highest BCUT2D eigenvalue weighted by Gasteiger charge is 2.26. The van der Waals surface area contributed by atoms with E-state index in [2.05, 4.69) is 69.4 Å². The molecule has 0 saturated heterocycles. The number of allylic oxidation sites excluding steroid dienone is 4. The molecule has 0 heterocycles. The number of hydrogen-bond acceptors (Lipinski definition) is 8. The number of nitrogens with one attached hydrogen (secondary N) is 4. The second-order valence-electron chi connectivity index (χ2n) is 20.4. The number of nitrogens with two attached hydrogens (primary N) is 5. The quantitative estimate of drug-likeness (QED) is 0.0122. The van der Waals surface area contributed by atoms with Gasteiger partial charge in [0, 0.05) is 65.0 Å². The van der Waals surface area contributed by atoms with Crippen LogP contribution in [0.25, 0.3) is 0 Å². The van der Waals surface area contributed by atoms with Crippen molar-refractivity contribution in [1.82, 2.24) is 26.2 Å². The van der Waals surface area contributed by atoms with Crippen LogP contribution in [0.4, 0.5) is 0 Å². The van der Waals surface area contributed by atoms with Gasteiger partial charge in [-0.1, -0.05) is 141 Å². The number of amides is 6. The molecule has 18 heteroatoms. The second kappa shape index (κ2) is 51.9. The zero-order chi connectivity index (χ0) is 56.1. The van der Waals surface area contributed by atoms with E-state index in [1.54, 1.807) is 4.90 Å². The SMILES string of the molecule is CCCCCCCC/C=C\CCCCCCCC(=O)NCCCN(CCCNC(=O)CCCCCCC/C=C\CCCCCCCC)C(=O)CCC(=O)N[C@@H](CCCN=C(N)N)C(=O)N[C@@H](CCCN=C(N)N)C(N)=O. The molecule has 0 aliphatic heterocycles. The predicted octanol–water partition coefficient (Wildman–Crippen LogP) is 8.24. The number of unbranched alkanes of at least 4 members (excludes halogenated alkanes) is 22. The fourth-order valence-corrected chi connectivity index (χ4v) is 8.72. The third kappa shape index (κ3) is 47.3. The van der Waals surface area contributed by atoms with Gasteiger partial charge in [-0.15, -0.1) is 0 Å². The molecule has 76 heavy (non-hydrogen) atoms. The number of hydrogen-bond donors (Lipinski definition) is 9. The molecule has 6 amide bonds. The molecule has 0 rings (SSSR count).